The van der Waals surface area contributed by atoms with Crippen molar-refractivity contribution < 1.29 is 18.3 Å². The van der Waals surface area contributed by atoms with Crippen LogP contribution >= 0.6 is 0 Å². The summed E-state index contributed by atoms with van der Waals surface area (Å²) >= 11 is 0. The molecule has 0 aromatic carbocycles. The van der Waals surface area contributed by atoms with E-state index < -0.39 is 21.7 Å². The van der Waals surface area contributed by atoms with Gasteiger partial charge in [0, 0.05) is 18.5 Å². The molecule has 0 spiro atoms. The number of aliphatic carboxylic acids is 1. The van der Waals surface area contributed by atoms with Crippen molar-refractivity contribution in [3.63, 3.8) is 0 Å². The van der Waals surface area contributed by atoms with E-state index in [1.165, 1.54) is 0 Å². The molecule has 0 aliphatic carbocycles. The largest absolute Gasteiger partial charge is 0.481 e. The van der Waals surface area contributed by atoms with Crippen molar-refractivity contribution in [1.82, 2.24) is 9.44 Å². The maximum Gasteiger partial charge on any atom is 0.303 e. The van der Waals surface area contributed by atoms with Gasteiger partial charge in [0.2, 0.25) is 0 Å². The van der Waals surface area contributed by atoms with E-state index in [0.29, 0.717) is 19.4 Å². The standard InChI is InChI=1S/C12H26N2O4S/c1-5-10(6-7-11(15)16)8-9-13-19(17,18)14-12(2,3)4/h10,13-14H,5-9H2,1-4H3,(H,15,16). The van der Waals surface area contributed by atoms with E-state index in [0.717, 1.165) is 6.42 Å². The molecule has 0 aliphatic heterocycles. The third-order valence-corrected chi connectivity index (χ3v) is 4.09. The van der Waals surface area contributed by atoms with Crippen molar-refractivity contribution in [3.05, 3.63) is 0 Å². The lowest BCUT2D eigenvalue weighted by molar-refractivity contribution is -0.137. The van der Waals surface area contributed by atoms with Gasteiger partial charge in [-0.2, -0.15) is 13.1 Å². The molecule has 1 unspecified atom stereocenters. The fourth-order valence-electron chi connectivity index (χ4n) is 1.72. The number of nitrogens with one attached hydrogen (secondary N) is 2. The zero-order chi connectivity index (χ0) is 15.1. The average Bonchev–Trinajstić information content (AvgIpc) is 2.19. The summed E-state index contributed by atoms with van der Waals surface area (Å²) in [5.41, 5.74) is -0.515. The molecule has 19 heavy (non-hydrogen) atoms. The summed E-state index contributed by atoms with van der Waals surface area (Å²) in [6.45, 7) is 7.62. The summed E-state index contributed by atoms with van der Waals surface area (Å²) in [6, 6.07) is 0. The Balaban J connectivity index is 4.09. The van der Waals surface area contributed by atoms with Crippen molar-refractivity contribution >= 4 is 16.2 Å². The molecular formula is C12H26N2O4S. The van der Waals surface area contributed by atoms with Gasteiger partial charge >= 0.3 is 5.97 Å². The Kier molecular flexibility index (Phi) is 7.54. The van der Waals surface area contributed by atoms with Gasteiger partial charge in [-0.15, -0.1) is 0 Å². The molecule has 0 saturated carbocycles. The van der Waals surface area contributed by atoms with E-state index in [2.05, 4.69) is 9.44 Å². The van der Waals surface area contributed by atoms with Crippen molar-refractivity contribution in [2.45, 2.75) is 58.9 Å². The van der Waals surface area contributed by atoms with E-state index in [1.54, 1.807) is 20.8 Å². The predicted octanol–water partition coefficient (Wildman–Crippen LogP) is 1.49. The quantitative estimate of drug-likeness (QED) is 0.600. The summed E-state index contributed by atoms with van der Waals surface area (Å²) in [4.78, 5) is 10.5. The van der Waals surface area contributed by atoms with Crippen LogP contribution in [0.25, 0.3) is 0 Å². The topological polar surface area (TPSA) is 95.5 Å². The fraction of sp³-hybridized carbons (Fsp3) is 0.917. The highest BCUT2D eigenvalue weighted by atomic mass is 32.2. The van der Waals surface area contributed by atoms with Crippen LogP contribution in [0, 0.1) is 5.92 Å². The minimum Gasteiger partial charge on any atom is -0.481 e. The number of carbonyl (C=O) groups is 1. The lowest BCUT2D eigenvalue weighted by atomic mass is 9.97. The second-order valence-corrected chi connectivity index (χ2v) is 7.24. The van der Waals surface area contributed by atoms with Gasteiger partial charge in [0.05, 0.1) is 0 Å². The Morgan fingerprint density at radius 1 is 1.26 bits per heavy atom. The molecular weight excluding hydrogens is 268 g/mol. The highest BCUT2D eigenvalue weighted by molar-refractivity contribution is 7.87. The van der Waals surface area contributed by atoms with Crippen LogP contribution < -0.4 is 9.44 Å². The molecule has 0 fully saturated rings. The van der Waals surface area contributed by atoms with Gasteiger partial charge in [0.25, 0.3) is 10.2 Å². The van der Waals surface area contributed by atoms with E-state index in [1.807, 2.05) is 6.92 Å². The number of carboxylic acids is 1. The Morgan fingerprint density at radius 3 is 2.26 bits per heavy atom. The molecule has 0 bridgehead atoms. The van der Waals surface area contributed by atoms with E-state index in [-0.39, 0.29) is 12.3 Å². The maximum atomic E-state index is 11.7. The molecule has 3 N–H and O–H groups in total. The van der Waals surface area contributed by atoms with E-state index in [4.69, 9.17) is 5.11 Å². The zero-order valence-corrected chi connectivity index (χ0v) is 13.0. The summed E-state index contributed by atoms with van der Waals surface area (Å²) in [7, 11) is -3.49. The van der Waals surface area contributed by atoms with Gasteiger partial charge < -0.3 is 5.11 Å². The van der Waals surface area contributed by atoms with E-state index >= 15 is 0 Å². The second-order valence-electron chi connectivity index (χ2n) is 5.75. The third-order valence-electron chi connectivity index (χ3n) is 2.63. The number of hydrogen-bond donors (Lipinski definition) is 3. The first-order chi connectivity index (χ1) is 8.56. The summed E-state index contributed by atoms with van der Waals surface area (Å²) in [5, 5.41) is 8.62. The second kappa shape index (κ2) is 7.81. The maximum absolute atomic E-state index is 11.7. The molecule has 0 aromatic heterocycles. The van der Waals surface area contributed by atoms with Crippen molar-refractivity contribution in [3.8, 4) is 0 Å². The van der Waals surface area contributed by atoms with Crippen LogP contribution in [0.4, 0.5) is 0 Å². The minimum absolute atomic E-state index is 0.130. The Bertz CT molecular complexity index is 374. The van der Waals surface area contributed by atoms with E-state index in [9.17, 15) is 13.2 Å². The molecule has 0 radical (unpaired) electrons. The van der Waals surface area contributed by atoms with Crippen LogP contribution in [0.5, 0.6) is 0 Å². The highest BCUT2D eigenvalue weighted by Gasteiger charge is 2.19. The lowest BCUT2D eigenvalue weighted by Crippen LogP contribution is -2.47. The van der Waals surface area contributed by atoms with Crippen LogP contribution in [0.1, 0.15) is 53.4 Å². The molecule has 6 nitrogen and oxygen atoms in total. The summed E-state index contributed by atoms with van der Waals surface area (Å²) in [5.74, 6) is -0.582. The van der Waals surface area contributed by atoms with Gasteiger partial charge in [-0.05, 0) is 39.5 Å². The molecule has 114 valence electrons. The molecule has 0 heterocycles. The molecule has 0 aromatic rings. The summed E-state index contributed by atoms with van der Waals surface area (Å²) < 4.78 is 28.3. The molecule has 7 heteroatoms. The molecule has 0 amide bonds. The van der Waals surface area contributed by atoms with Crippen LogP contribution in [0.15, 0.2) is 0 Å². The zero-order valence-electron chi connectivity index (χ0n) is 12.2. The average molecular weight is 294 g/mol. The van der Waals surface area contributed by atoms with Crippen LogP contribution in [0.3, 0.4) is 0 Å². The van der Waals surface area contributed by atoms with Crippen molar-refractivity contribution in [1.29, 1.82) is 0 Å². The van der Waals surface area contributed by atoms with Gasteiger partial charge in [-0.3, -0.25) is 4.79 Å². The van der Waals surface area contributed by atoms with Crippen molar-refractivity contribution in [2.75, 3.05) is 6.54 Å². The molecule has 0 aliphatic rings. The van der Waals surface area contributed by atoms with Crippen LogP contribution in [-0.2, 0) is 15.0 Å². The van der Waals surface area contributed by atoms with Crippen molar-refractivity contribution in [2.24, 2.45) is 5.92 Å². The number of carboxylic acid groups (broad SMARTS) is 1. The SMILES string of the molecule is CCC(CCNS(=O)(=O)NC(C)(C)C)CCC(=O)O. The Morgan fingerprint density at radius 2 is 1.84 bits per heavy atom. The molecule has 1 atom stereocenters. The first-order valence-electron chi connectivity index (χ1n) is 6.56. The first-order valence-corrected chi connectivity index (χ1v) is 8.04. The monoisotopic (exact) mass is 294 g/mol. The normalized spacial score (nSPS) is 14.3. The Hall–Kier alpha value is -0.660. The fourth-order valence-corrected chi connectivity index (χ4v) is 2.98. The number of rotatable bonds is 9. The number of hydrogen-bond acceptors (Lipinski definition) is 3. The smallest absolute Gasteiger partial charge is 0.303 e. The predicted molar refractivity (Wildman–Crippen MR) is 75.1 cm³/mol. The van der Waals surface area contributed by atoms with Crippen LogP contribution in [0.2, 0.25) is 0 Å². The lowest BCUT2D eigenvalue weighted by Gasteiger charge is -2.21. The summed E-state index contributed by atoms with van der Waals surface area (Å²) in [6.07, 6.45) is 2.21. The first kappa shape index (κ1) is 18.3. The minimum atomic E-state index is -3.49. The van der Waals surface area contributed by atoms with Gasteiger partial charge in [-0.25, -0.2) is 4.72 Å². The van der Waals surface area contributed by atoms with Crippen LogP contribution in [-0.4, -0.2) is 31.6 Å². The van der Waals surface area contributed by atoms with Gasteiger partial charge in [-0.1, -0.05) is 13.3 Å². The molecule has 0 rings (SSSR count). The van der Waals surface area contributed by atoms with Gasteiger partial charge in [0.15, 0.2) is 0 Å². The third kappa shape index (κ3) is 10.9. The highest BCUT2D eigenvalue weighted by Crippen LogP contribution is 2.14. The van der Waals surface area contributed by atoms with Gasteiger partial charge in [0.1, 0.15) is 0 Å². The Labute approximate surface area is 116 Å². The molecule has 0 saturated heterocycles.